The molecule has 38 heavy (non-hydrogen) atoms. The zero-order valence-corrected chi connectivity index (χ0v) is 24.0. The number of rotatable bonds is 4. The summed E-state index contributed by atoms with van der Waals surface area (Å²) in [5, 5.41) is 0. The molecule has 8 heteroatoms. The van der Waals surface area contributed by atoms with Crippen LogP contribution in [0.1, 0.15) is 113 Å². The summed E-state index contributed by atoms with van der Waals surface area (Å²) in [6.45, 7) is 18.0. The van der Waals surface area contributed by atoms with Crippen LogP contribution in [0.25, 0.3) is 0 Å². The summed E-state index contributed by atoms with van der Waals surface area (Å²) < 4.78 is 11.0. The Morgan fingerprint density at radius 1 is 0.737 bits per heavy atom. The summed E-state index contributed by atoms with van der Waals surface area (Å²) in [6, 6.07) is 10.2. The number of fused-ring (bicyclic) bond motifs is 1. The van der Waals surface area contributed by atoms with Crippen LogP contribution in [0.5, 0.6) is 0 Å². The average Bonchev–Trinajstić information content (AvgIpc) is 3.01. The molecule has 0 aromatic heterocycles. The fraction of sp³-hybridized carbons (Fsp3) is 0.467. The standard InChI is InChI=1S/C30H38N2O6/c1-17(2)19-13-11-14-20(18(3)4)24(19)32-25(33)21-15-12-16-22(23(21)26(32)34)31(27(35)37-29(5,6)7)28(36)38-30(8,9)10/h11-18H,1-10H3. The van der Waals surface area contributed by atoms with Gasteiger partial charge in [0.25, 0.3) is 11.8 Å². The normalized spacial score (nSPS) is 13.7. The Morgan fingerprint density at radius 2 is 1.18 bits per heavy atom. The smallest absolute Gasteiger partial charge is 0.424 e. The van der Waals surface area contributed by atoms with Crippen molar-refractivity contribution >= 4 is 35.4 Å². The molecule has 0 aliphatic carbocycles. The number of carbonyl (C=O) groups is 4. The molecule has 0 radical (unpaired) electrons. The van der Waals surface area contributed by atoms with Gasteiger partial charge in [0, 0.05) is 0 Å². The fourth-order valence-corrected chi connectivity index (χ4v) is 4.31. The van der Waals surface area contributed by atoms with E-state index in [1.54, 1.807) is 41.5 Å². The van der Waals surface area contributed by atoms with Gasteiger partial charge in [-0.05, 0) is 76.6 Å². The molecule has 0 bridgehead atoms. The molecule has 8 nitrogen and oxygen atoms in total. The van der Waals surface area contributed by atoms with E-state index < -0.39 is 35.2 Å². The third kappa shape index (κ3) is 5.74. The van der Waals surface area contributed by atoms with E-state index >= 15 is 0 Å². The van der Waals surface area contributed by atoms with Crippen molar-refractivity contribution in [3.8, 4) is 0 Å². The Kier molecular flexibility index (Phi) is 7.78. The fourth-order valence-electron chi connectivity index (χ4n) is 4.31. The number of ether oxygens (including phenoxy) is 2. The van der Waals surface area contributed by atoms with Crippen LogP contribution in [-0.2, 0) is 9.47 Å². The van der Waals surface area contributed by atoms with Gasteiger partial charge in [-0.1, -0.05) is 52.0 Å². The lowest BCUT2D eigenvalue weighted by molar-refractivity contribution is 0.0430. The molecule has 3 rings (SSSR count). The Hall–Kier alpha value is -3.68. The van der Waals surface area contributed by atoms with Crippen molar-refractivity contribution in [1.82, 2.24) is 0 Å². The van der Waals surface area contributed by atoms with Crippen LogP contribution in [0.3, 0.4) is 0 Å². The predicted molar refractivity (Wildman–Crippen MR) is 147 cm³/mol. The minimum atomic E-state index is -1.01. The number of nitrogens with zero attached hydrogens (tertiary/aromatic N) is 2. The molecule has 0 atom stereocenters. The largest absolute Gasteiger partial charge is 0.443 e. The maximum atomic E-state index is 14.1. The van der Waals surface area contributed by atoms with E-state index in [1.165, 1.54) is 23.1 Å². The van der Waals surface area contributed by atoms with Crippen LogP contribution in [-0.4, -0.2) is 35.2 Å². The van der Waals surface area contributed by atoms with Gasteiger partial charge >= 0.3 is 12.2 Å². The molecule has 0 fully saturated rings. The van der Waals surface area contributed by atoms with Crippen LogP contribution in [0.2, 0.25) is 0 Å². The van der Waals surface area contributed by atoms with Gasteiger partial charge in [-0.25, -0.2) is 14.5 Å². The number of imide groups is 2. The first-order chi connectivity index (χ1) is 17.4. The molecule has 4 amide bonds. The Bertz CT molecular complexity index is 1230. The number of benzene rings is 2. The molecule has 2 aromatic rings. The predicted octanol–water partition coefficient (Wildman–Crippen LogP) is 7.41. The molecule has 0 unspecified atom stereocenters. The molecule has 204 valence electrons. The number of para-hydroxylation sites is 1. The summed E-state index contributed by atoms with van der Waals surface area (Å²) in [6.07, 6.45) is -2.02. The molecule has 0 saturated carbocycles. The summed E-state index contributed by atoms with van der Waals surface area (Å²) in [5.74, 6) is -1.07. The summed E-state index contributed by atoms with van der Waals surface area (Å²) in [7, 11) is 0. The van der Waals surface area contributed by atoms with Crippen molar-refractivity contribution in [2.75, 3.05) is 9.80 Å². The molecule has 0 spiro atoms. The first-order valence-electron chi connectivity index (χ1n) is 12.8. The first kappa shape index (κ1) is 28.9. The van der Waals surface area contributed by atoms with Crippen LogP contribution in [0.15, 0.2) is 36.4 Å². The molecule has 1 aliphatic heterocycles. The third-order valence-corrected chi connectivity index (χ3v) is 5.85. The minimum Gasteiger partial charge on any atom is -0.443 e. The topological polar surface area (TPSA) is 93.2 Å². The highest BCUT2D eigenvalue weighted by molar-refractivity contribution is 6.37. The highest BCUT2D eigenvalue weighted by Gasteiger charge is 2.44. The Morgan fingerprint density at radius 3 is 1.61 bits per heavy atom. The second-order valence-corrected chi connectivity index (χ2v) is 12.0. The number of carbonyl (C=O) groups excluding carboxylic acids is 4. The zero-order valence-electron chi connectivity index (χ0n) is 24.0. The maximum Gasteiger partial charge on any atom is 0.424 e. The summed E-state index contributed by atoms with van der Waals surface area (Å²) in [4.78, 5) is 56.3. The van der Waals surface area contributed by atoms with Crippen LogP contribution < -0.4 is 9.80 Å². The van der Waals surface area contributed by atoms with Gasteiger partial charge in [-0.15, -0.1) is 0 Å². The van der Waals surface area contributed by atoms with Crippen molar-refractivity contribution in [3.05, 3.63) is 58.7 Å². The molecule has 0 saturated heterocycles. The van der Waals surface area contributed by atoms with Gasteiger partial charge in [0.15, 0.2) is 0 Å². The summed E-state index contributed by atoms with van der Waals surface area (Å²) in [5.41, 5.74) is 0.357. The van der Waals surface area contributed by atoms with E-state index in [4.69, 9.17) is 9.47 Å². The monoisotopic (exact) mass is 522 g/mol. The van der Waals surface area contributed by atoms with Crippen LogP contribution in [0.4, 0.5) is 21.0 Å². The van der Waals surface area contributed by atoms with Gasteiger partial charge in [0.05, 0.1) is 22.5 Å². The van der Waals surface area contributed by atoms with Gasteiger partial charge in [0.2, 0.25) is 0 Å². The summed E-state index contributed by atoms with van der Waals surface area (Å²) >= 11 is 0. The highest BCUT2D eigenvalue weighted by atomic mass is 16.6. The van der Waals surface area contributed by atoms with E-state index in [0.29, 0.717) is 10.6 Å². The lowest BCUT2D eigenvalue weighted by atomic mass is 9.92. The Balaban J connectivity index is 2.24. The van der Waals surface area contributed by atoms with Crippen molar-refractivity contribution < 1.29 is 28.7 Å². The molecule has 1 aliphatic rings. The molecular weight excluding hydrogens is 484 g/mol. The minimum absolute atomic E-state index is 0.0347. The van der Waals surface area contributed by atoms with E-state index in [0.717, 1.165) is 11.1 Å². The molecular formula is C30H38N2O6. The van der Waals surface area contributed by atoms with E-state index in [2.05, 4.69) is 0 Å². The van der Waals surface area contributed by atoms with Crippen molar-refractivity contribution in [1.29, 1.82) is 0 Å². The number of amides is 4. The van der Waals surface area contributed by atoms with Gasteiger partial charge in [-0.2, -0.15) is 4.90 Å². The van der Waals surface area contributed by atoms with Crippen molar-refractivity contribution in [2.24, 2.45) is 0 Å². The third-order valence-electron chi connectivity index (χ3n) is 5.85. The van der Waals surface area contributed by atoms with Crippen molar-refractivity contribution in [3.63, 3.8) is 0 Å². The lowest BCUT2D eigenvalue weighted by Crippen LogP contribution is -2.44. The maximum absolute atomic E-state index is 14.1. The van der Waals surface area contributed by atoms with Crippen LogP contribution >= 0.6 is 0 Å². The second kappa shape index (κ2) is 10.2. The average molecular weight is 523 g/mol. The Labute approximate surface area is 224 Å². The van der Waals surface area contributed by atoms with E-state index in [-0.39, 0.29) is 28.7 Å². The molecule has 2 aromatic carbocycles. The highest BCUT2D eigenvalue weighted by Crippen LogP contribution is 2.42. The first-order valence-corrected chi connectivity index (χ1v) is 12.8. The van der Waals surface area contributed by atoms with Gasteiger partial charge < -0.3 is 9.47 Å². The van der Waals surface area contributed by atoms with Gasteiger partial charge in [0.1, 0.15) is 11.2 Å². The van der Waals surface area contributed by atoms with E-state index in [1.807, 2.05) is 45.9 Å². The number of anilines is 2. The van der Waals surface area contributed by atoms with Gasteiger partial charge in [-0.3, -0.25) is 9.59 Å². The van der Waals surface area contributed by atoms with E-state index in [9.17, 15) is 19.2 Å². The van der Waals surface area contributed by atoms with Crippen LogP contribution in [0, 0.1) is 0 Å². The SMILES string of the molecule is CC(C)c1cccc(C(C)C)c1N1C(=O)c2cccc(N(C(=O)OC(C)(C)C)C(=O)OC(C)(C)C)c2C1=O. The number of hydrogen-bond donors (Lipinski definition) is 0. The number of hydrogen-bond acceptors (Lipinski definition) is 6. The zero-order chi connectivity index (χ0) is 28.7. The second-order valence-electron chi connectivity index (χ2n) is 12.0. The molecule has 1 heterocycles. The molecule has 0 N–H and O–H groups in total. The quantitative estimate of drug-likeness (QED) is 0.388. The van der Waals surface area contributed by atoms with Crippen molar-refractivity contribution in [2.45, 2.75) is 92.3 Å². The lowest BCUT2D eigenvalue weighted by Gasteiger charge is -2.29.